The molecule has 0 aliphatic carbocycles. The number of aromatic nitrogens is 4. The van der Waals surface area contributed by atoms with Gasteiger partial charge in [-0.3, -0.25) is 4.90 Å². The number of hydrogen-bond donors (Lipinski definition) is 0. The molecular formula is C15H18N6O. The Kier molecular flexibility index (Phi) is 3.27. The molecule has 1 aliphatic heterocycles. The number of hydrogen-bond acceptors (Lipinski definition) is 6. The minimum Gasteiger partial charge on any atom is -0.360 e. The Morgan fingerprint density at radius 1 is 1.09 bits per heavy atom. The lowest BCUT2D eigenvalue weighted by molar-refractivity contribution is 0.219. The molecule has 0 saturated carbocycles. The molecule has 114 valence electrons. The first-order valence-corrected chi connectivity index (χ1v) is 7.47. The maximum atomic E-state index is 5.29. The summed E-state index contributed by atoms with van der Waals surface area (Å²) in [5.41, 5.74) is 1.85. The summed E-state index contributed by atoms with van der Waals surface area (Å²) < 4.78 is 7.30. The SMILES string of the molecule is Cc1cc(CN2CCN(c3nccn4ccnc34)CC2)on1. The number of rotatable bonds is 3. The van der Waals surface area contributed by atoms with Crippen LogP contribution in [0.4, 0.5) is 5.82 Å². The van der Waals surface area contributed by atoms with Gasteiger partial charge in [0, 0.05) is 57.0 Å². The van der Waals surface area contributed by atoms with Gasteiger partial charge in [-0.1, -0.05) is 5.16 Å². The Bertz CT molecular complexity index is 771. The van der Waals surface area contributed by atoms with Crippen molar-refractivity contribution < 1.29 is 4.52 Å². The minimum atomic E-state index is 0.815. The van der Waals surface area contributed by atoms with Gasteiger partial charge in [-0.25, -0.2) is 9.97 Å². The normalized spacial score (nSPS) is 16.5. The molecule has 7 heteroatoms. The summed E-state index contributed by atoms with van der Waals surface area (Å²) in [6, 6.07) is 2.00. The van der Waals surface area contributed by atoms with Gasteiger partial charge < -0.3 is 13.8 Å². The molecule has 7 nitrogen and oxygen atoms in total. The molecular weight excluding hydrogens is 280 g/mol. The second-order valence-corrected chi connectivity index (χ2v) is 5.61. The zero-order valence-electron chi connectivity index (χ0n) is 12.5. The van der Waals surface area contributed by atoms with Crippen LogP contribution in [0, 0.1) is 6.92 Å². The Morgan fingerprint density at radius 2 is 1.86 bits per heavy atom. The van der Waals surface area contributed by atoms with E-state index in [1.54, 1.807) is 0 Å². The summed E-state index contributed by atoms with van der Waals surface area (Å²) in [5.74, 6) is 1.89. The average Bonchev–Trinajstić information content (AvgIpc) is 3.16. The van der Waals surface area contributed by atoms with Gasteiger partial charge >= 0.3 is 0 Å². The lowest BCUT2D eigenvalue weighted by atomic mass is 10.3. The van der Waals surface area contributed by atoms with Gasteiger partial charge in [0.1, 0.15) is 0 Å². The van der Waals surface area contributed by atoms with Crippen LogP contribution in [0.1, 0.15) is 11.5 Å². The van der Waals surface area contributed by atoms with Crippen LogP contribution in [0.3, 0.4) is 0 Å². The Hall–Kier alpha value is -2.41. The third-order valence-corrected chi connectivity index (χ3v) is 4.02. The molecule has 3 aromatic heterocycles. The lowest BCUT2D eigenvalue weighted by Gasteiger charge is -2.34. The van der Waals surface area contributed by atoms with Crippen molar-refractivity contribution in [3.63, 3.8) is 0 Å². The van der Waals surface area contributed by atoms with Gasteiger partial charge in [0.2, 0.25) is 0 Å². The molecule has 0 amide bonds. The highest BCUT2D eigenvalue weighted by atomic mass is 16.5. The van der Waals surface area contributed by atoms with Crippen molar-refractivity contribution in [2.45, 2.75) is 13.5 Å². The van der Waals surface area contributed by atoms with Gasteiger partial charge in [-0.2, -0.15) is 0 Å². The van der Waals surface area contributed by atoms with Crippen molar-refractivity contribution in [2.24, 2.45) is 0 Å². The second kappa shape index (κ2) is 5.42. The first-order valence-electron chi connectivity index (χ1n) is 7.47. The van der Waals surface area contributed by atoms with Gasteiger partial charge in [-0.05, 0) is 6.92 Å². The maximum absolute atomic E-state index is 5.29. The molecule has 22 heavy (non-hydrogen) atoms. The van der Waals surface area contributed by atoms with Crippen molar-refractivity contribution in [3.05, 3.63) is 42.3 Å². The van der Waals surface area contributed by atoms with Crippen LogP contribution in [0.5, 0.6) is 0 Å². The fourth-order valence-corrected chi connectivity index (χ4v) is 2.89. The smallest absolute Gasteiger partial charge is 0.180 e. The number of imidazole rings is 1. The molecule has 0 atom stereocenters. The monoisotopic (exact) mass is 298 g/mol. The molecule has 4 heterocycles. The summed E-state index contributed by atoms with van der Waals surface area (Å²) in [5, 5.41) is 3.94. The van der Waals surface area contributed by atoms with E-state index in [1.807, 2.05) is 42.2 Å². The molecule has 0 spiro atoms. The first kappa shape index (κ1) is 13.3. The molecule has 3 aromatic rings. The zero-order chi connectivity index (χ0) is 14.9. The highest BCUT2D eigenvalue weighted by Crippen LogP contribution is 2.19. The van der Waals surface area contributed by atoms with Crippen LogP contribution in [-0.2, 0) is 6.54 Å². The van der Waals surface area contributed by atoms with Crippen LogP contribution in [0.15, 0.2) is 35.4 Å². The largest absolute Gasteiger partial charge is 0.360 e. The first-order chi connectivity index (χ1) is 10.8. The molecule has 0 radical (unpaired) electrons. The second-order valence-electron chi connectivity index (χ2n) is 5.61. The zero-order valence-corrected chi connectivity index (χ0v) is 12.5. The molecule has 1 fully saturated rings. The van der Waals surface area contributed by atoms with Crippen molar-refractivity contribution in [1.29, 1.82) is 0 Å². The fourth-order valence-electron chi connectivity index (χ4n) is 2.89. The summed E-state index contributed by atoms with van der Waals surface area (Å²) in [6.45, 7) is 6.59. The van der Waals surface area contributed by atoms with E-state index in [4.69, 9.17) is 4.52 Å². The van der Waals surface area contributed by atoms with Gasteiger partial charge in [0.25, 0.3) is 0 Å². The summed E-state index contributed by atoms with van der Waals surface area (Å²) in [4.78, 5) is 13.6. The van der Waals surface area contributed by atoms with Crippen molar-refractivity contribution in [3.8, 4) is 0 Å². The minimum absolute atomic E-state index is 0.815. The predicted molar refractivity (Wildman–Crippen MR) is 81.7 cm³/mol. The number of anilines is 1. The van der Waals surface area contributed by atoms with E-state index in [2.05, 4.69) is 24.9 Å². The summed E-state index contributed by atoms with van der Waals surface area (Å²) in [6.07, 6.45) is 7.51. The Labute approximate surface area is 128 Å². The standard InChI is InChI=1S/C15H18N6O/c1-12-10-13(22-18-12)11-19-6-8-21(9-7-19)15-14-16-2-4-20(14)5-3-17-15/h2-5,10H,6-9,11H2,1H3. The fraction of sp³-hybridized carbons (Fsp3) is 0.400. The van der Waals surface area contributed by atoms with Crippen molar-refractivity contribution in [1.82, 2.24) is 24.4 Å². The highest BCUT2D eigenvalue weighted by molar-refractivity contribution is 5.64. The molecule has 0 unspecified atom stereocenters. The highest BCUT2D eigenvalue weighted by Gasteiger charge is 2.21. The van der Waals surface area contributed by atoms with Gasteiger partial charge in [0.15, 0.2) is 17.2 Å². The number of aryl methyl sites for hydroxylation is 1. The van der Waals surface area contributed by atoms with Crippen LogP contribution >= 0.6 is 0 Å². The van der Waals surface area contributed by atoms with Crippen LogP contribution in [0.25, 0.3) is 5.65 Å². The van der Waals surface area contributed by atoms with Crippen molar-refractivity contribution in [2.75, 3.05) is 31.1 Å². The third kappa shape index (κ3) is 2.43. The van der Waals surface area contributed by atoms with E-state index in [-0.39, 0.29) is 0 Å². The van der Waals surface area contributed by atoms with E-state index >= 15 is 0 Å². The molecule has 1 saturated heterocycles. The van der Waals surface area contributed by atoms with E-state index in [1.165, 1.54) is 0 Å². The quantitative estimate of drug-likeness (QED) is 0.727. The molecule has 0 N–H and O–H groups in total. The van der Waals surface area contributed by atoms with Crippen LogP contribution in [0.2, 0.25) is 0 Å². The number of fused-ring (bicyclic) bond motifs is 1. The third-order valence-electron chi connectivity index (χ3n) is 4.02. The lowest BCUT2D eigenvalue weighted by Crippen LogP contribution is -2.46. The van der Waals surface area contributed by atoms with E-state index < -0.39 is 0 Å². The van der Waals surface area contributed by atoms with Crippen LogP contribution in [-0.4, -0.2) is 50.6 Å². The van der Waals surface area contributed by atoms with E-state index in [0.717, 1.165) is 55.6 Å². The molecule has 0 aromatic carbocycles. The van der Waals surface area contributed by atoms with Gasteiger partial charge in [-0.15, -0.1) is 0 Å². The Morgan fingerprint density at radius 3 is 2.59 bits per heavy atom. The van der Waals surface area contributed by atoms with Crippen LogP contribution < -0.4 is 4.90 Å². The molecule has 4 rings (SSSR count). The Balaban J connectivity index is 1.44. The summed E-state index contributed by atoms with van der Waals surface area (Å²) in [7, 11) is 0. The predicted octanol–water partition coefficient (Wildman–Crippen LogP) is 1.35. The van der Waals surface area contributed by atoms with Crippen molar-refractivity contribution >= 4 is 11.5 Å². The van der Waals surface area contributed by atoms with Gasteiger partial charge in [0.05, 0.1) is 12.2 Å². The van der Waals surface area contributed by atoms with E-state index in [9.17, 15) is 0 Å². The van der Waals surface area contributed by atoms with E-state index in [0.29, 0.717) is 0 Å². The topological polar surface area (TPSA) is 62.7 Å². The molecule has 1 aliphatic rings. The molecule has 0 bridgehead atoms. The summed E-state index contributed by atoms with van der Waals surface area (Å²) >= 11 is 0. The number of piperazine rings is 1. The average molecular weight is 298 g/mol. The maximum Gasteiger partial charge on any atom is 0.180 e. The number of nitrogens with zero attached hydrogens (tertiary/aromatic N) is 6.